The number of nitriles is 1. The van der Waals surface area contributed by atoms with Gasteiger partial charge in [0.1, 0.15) is 0 Å². The molecule has 0 unspecified atom stereocenters. The van der Waals surface area contributed by atoms with Crippen LogP contribution >= 0.6 is 0 Å². The van der Waals surface area contributed by atoms with Crippen LogP contribution in [0.1, 0.15) is 33.6 Å². The molecule has 1 heterocycles. The van der Waals surface area contributed by atoms with Gasteiger partial charge in [0.25, 0.3) is 5.69 Å². The summed E-state index contributed by atoms with van der Waals surface area (Å²) < 4.78 is 2.21. The van der Waals surface area contributed by atoms with Crippen molar-refractivity contribution in [2.45, 2.75) is 27.7 Å². The minimum atomic E-state index is -0.447. The third-order valence-electron chi connectivity index (χ3n) is 4.94. The number of nitro groups is 1. The van der Waals surface area contributed by atoms with Crippen molar-refractivity contribution < 1.29 is 4.92 Å². The molecule has 0 bridgehead atoms. The van der Waals surface area contributed by atoms with Gasteiger partial charge in [0.05, 0.1) is 22.3 Å². The Morgan fingerprint density at radius 1 is 1.07 bits per heavy atom. The van der Waals surface area contributed by atoms with Crippen LogP contribution in [0, 0.1) is 49.1 Å². The summed E-state index contributed by atoms with van der Waals surface area (Å²) >= 11 is 0. The number of aryl methyl sites for hydroxylation is 3. The van der Waals surface area contributed by atoms with Gasteiger partial charge >= 0.3 is 0 Å². The zero-order valence-corrected chi connectivity index (χ0v) is 16.4. The molecule has 5 heteroatoms. The third kappa shape index (κ3) is 3.45. The standard InChI is InChI=1S/C23H21N3O2/c1-15-6-5-7-16(2)23(15)25-17(3)12-20(18(25)4)13-21(14-24)19-8-10-22(11-9-19)26(27)28/h5-13H,1-4H3/b21-13-. The molecule has 0 saturated carbocycles. The first-order chi connectivity index (χ1) is 13.3. The van der Waals surface area contributed by atoms with E-state index >= 15 is 0 Å². The molecule has 2 aromatic carbocycles. The Bertz CT molecular complexity index is 1110. The monoisotopic (exact) mass is 371 g/mol. The van der Waals surface area contributed by atoms with E-state index in [0.29, 0.717) is 11.1 Å². The van der Waals surface area contributed by atoms with Gasteiger partial charge in [-0.15, -0.1) is 0 Å². The average Bonchev–Trinajstić information content (AvgIpc) is 2.93. The van der Waals surface area contributed by atoms with Crippen LogP contribution in [-0.4, -0.2) is 9.49 Å². The van der Waals surface area contributed by atoms with Gasteiger partial charge in [-0.1, -0.05) is 18.2 Å². The number of nitro benzene ring substituents is 1. The van der Waals surface area contributed by atoms with Crippen molar-refractivity contribution >= 4 is 17.3 Å². The molecule has 0 atom stereocenters. The van der Waals surface area contributed by atoms with Crippen molar-refractivity contribution in [3.8, 4) is 11.8 Å². The van der Waals surface area contributed by atoms with E-state index in [1.165, 1.54) is 23.3 Å². The topological polar surface area (TPSA) is 71.9 Å². The van der Waals surface area contributed by atoms with E-state index in [9.17, 15) is 15.4 Å². The summed E-state index contributed by atoms with van der Waals surface area (Å²) in [6.07, 6.45) is 1.84. The van der Waals surface area contributed by atoms with Crippen LogP contribution in [0.25, 0.3) is 17.3 Å². The molecular formula is C23H21N3O2. The highest BCUT2D eigenvalue weighted by Crippen LogP contribution is 2.29. The lowest BCUT2D eigenvalue weighted by Gasteiger charge is -2.15. The van der Waals surface area contributed by atoms with E-state index in [-0.39, 0.29) is 5.69 Å². The van der Waals surface area contributed by atoms with Crippen LogP contribution in [0.5, 0.6) is 0 Å². The summed E-state index contributed by atoms with van der Waals surface area (Å²) in [6.45, 7) is 8.27. The first kappa shape index (κ1) is 19.1. The van der Waals surface area contributed by atoms with Crippen LogP contribution in [0.2, 0.25) is 0 Å². The van der Waals surface area contributed by atoms with Crippen molar-refractivity contribution in [2.24, 2.45) is 0 Å². The fourth-order valence-electron chi connectivity index (χ4n) is 3.53. The van der Waals surface area contributed by atoms with Crippen molar-refractivity contribution in [3.63, 3.8) is 0 Å². The van der Waals surface area contributed by atoms with Crippen molar-refractivity contribution in [2.75, 3.05) is 0 Å². The number of rotatable bonds is 4. The Morgan fingerprint density at radius 2 is 1.68 bits per heavy atom. The molecule has 0 N–H and O–H groups in total. The van der Waals surface area contributed by atoms with Crippen LogP contribution in [0.4, 0.5) is 5.69 Å². The first-order valence-corrected chi connectivity index (χ1v) is 8.95. The highest BCUT2D eigenvalue weighted by molar-refractivity contribution is 5.90. The third-order valence-corrected chi connectivity index (χ3v) is 4.94. The predicted octanol–water partition coefficient (Wildman–Crippen LogP) is 5.68. The maximum atomic E-state index is 10.8. The molecule has 0 amide bonds. The lowest BCUT2D eigenvalue weighted by molar-refractivity contribution is -0.384. The summed E-state index contributed by atoms with van der Waals surface area (Å²) in [5.74, 6) is 0. The lowest BCUT2D eigenvalue weighted by atomic mass is 10.0. The van der Waals surface area contributed by atoms with Crippen LogP contribution in [-0.2, 0) is 0 Å². The minimum absolute atomic E-state index is 0.00856. The number of aromatic nitrogens is 1. The number of allylic oxidation sites excluding steroid dienone is 1. The predicted molar refractivity (Wildman–Crippen MR) is 111 cm³/mol. The number of non-ortho nitro benzene ring substituents is 1. The summed E-state index contributed by atoms with van der Waals surface area (Å²) in [7, 11) is 0. The van der Waals surface area contributed by atoms with E-state index in [2.05, 4.69) is 42.7 Å². The van der Waals surface area contributed by atoms with Crippen molar-refractivity contribution in [1.82, 2.24) is 4.57 Å². The van der Waals surface area contributed by atoms with Gasteiger partial charge in [0, 0.05) is 23.5 Å². The Morgan fingerprint density at radius 3 is 2.21 bits per heavy atom. The molecule has 0 fully saturated rings. The second-order valence-electron chi connectivity index (χ2n) is 6.88. The number of benzene rings is 2. The Hall–Kier alpha value is -3.65. The smallest absolute Gasteiger partial charge is 0.269 e. The molecule has 140 valence electrons. The van der Waals surface area contributed by atoms with Gasteiger partial charge < -0.3 is 4.57 Å². The highest BCUT2D eigenvalue weighted by atomic mass is 16.6. The molecule has 0 aliphatic rings. The zero-order chi connectivity index (χ0) is 20.4. The molecule has 0 radical (unpaired) electrons. The van der Waals surface area contributed by atoms with Crippen LogP contribution < -0.4 is 0 Å². The van der Waals surface area contributed by atoms with Crippen LogP contribution in [0.15, 0.2) is 48.5 Å². The fourth-order valence-corrected chi connectivity index (χ4v) is 3.53. The van der Waals surface area contributed by atoms with E-state index in [4.69, 9.17) is 0 Å². The number of para-hydroxylation sites is 1. The van der Waals surface area contributed by atoms with E-state index in [1.54, 1.807) is 12.1 Å². The molecule has 0 saturated heterocycles. The molecule has 5 nitrogen and oxygen atoms in total. The molecule has 3 rings (SSSR count). The van der Waals surface area contributed by atoms with Crippen LogP contribution in [0.3, 0.4) is 0 Å². The summed E-state index contributed by atoms with van der Waals surface area (Å²) in [6, 6.07) is 16.6. The van der Waals surface area contributed by atoms with Gasteiger partial charge in [-0.3, -0.25) is 10.1 Å². The quantitative estimate of drug-likeness (QED) is 0.336. The molecule has 0 aliphatic carbocycles. The Kier molecular flexibility index (Phi) is 5.14. The van der Waals surface area contributed by atoms with Gasteiger partial charge in [0.2, 0.25) is 0 Å². The van der Waals surface area contributed by atoms with E-state index in [0.717, 1.165) is 22.6 Å². The molecular weight excluding hydrogens is 350 g/mol. The Labute approximate surface area is 164 Å². The van der Waals surface area contributed by atoms with E-state index in [1.807, 2.05) is 26.0 Å². The zero-order valence-electron chi connectivity index (χ0n) is 16.4. The molecule has 0 spiro atoms. The van der Waals surface area contributed by atoms with Gasteiger partial charge in [-0.05, 0) is 74.2 Å². The summed E-state index contributed by atoms with van der Waals surface area (Å²) in [5.41, 5.74) is 7.75. The van der Waals surface area contributed by atoms with E-state index < -0.39 is 4.92 Å². The van der Waals surface area contributed by atoms with Crippen molar-refractivity contribution in [1.29, 1.82) is 5.26 Å². The largest absolute Gasteiger partial charge is 0.317 e. The van der Waals surface area contributed by atoms with Gasteiger partial charge in [0.15, 0.2) is 0 Å². The average molecular weight is 371 g/mol. The van der Waals surface area contributed by atoms with Gasteiger partial charge in [-0.25, -0.2) is 0 Å². The molecule has 1 aromatic heterocycles. The summed E-state index contributed by atoms with van der Waals surface area (Å²) in [5, 5.41) is 20.5. The number of hydrogen-bond acceptors (Lipinski definition) is 3. The van der Waals surface area contributed by atoms with Crippen molar-refractivity contribution in [3.05, 3.63) is 92.3 Å². The molecule has 0 aliphatic heterocycles. The number of hydrogen-bond donors (Lipinski definition) is 0. The molecule has 28 heavy (non-hydrogen) atoms. The maximum absolute atomic E-state index is 10.8. The first-order valence-electron chi connectivity index (χ1n) is 8.95. The second kappa shape index (κ2) is 7.53. The Balaban J connectivity index is 2.09. The normalized spacial score (nSPS) is 11.3. The summed E-state index contributed by atoms with van der Waals surface area (Å²) in [4.78, 5) is 10.4. The maximum Gasteiger partial charge on any atom is 0.269 e. The number of nitrogens with zero attached hydrogens (tertiary/aromatic N) is 3. The lowest BCUT2D eigenvalue weighted by Crippen LogP contribution is -2.03. The SMILES string of the molecule is Cc1cccc(C)c1-n1c(C)cc(/C=C(/C#N)c2ccc([N+](=O)[O-])cc2)c1C. The highest BCUT2D eigenvalue weighted by Gasteiger charge is 2.14. The molecule has 3 aromatic rings. The minimum Gasteiger partial charge on any atom is -0.317 e. The fraction of sp³-hybridized carbons (Fsp3) is 0.174. The van der Waals surface area contributed by atoms with Gasteiger partial charge in [-0.2, -0.15) is 5.26 Å². The second-order valence-corrected chi connectivity index (χ2v) is 6.88.